The zero-order chi connectivity index (χ0) is 29.1. The number of hydrogen-bond acceptors (Lipinski definition) is 8. The van der Waals surface area contributed by atoms with Crippen LogP contribution in [0.4, 0.5) is 22.1 Å². The fourth-order valence-corrected chi connectivity index (χ4v) is 5.44. The van der Waals surface area contributed by atoms with Gasteiger partial charge in [0.05, 0.1) is 30.8 Å². The highest BCUT2D eigenvalue weighted by Gasteiger charge is 2.28. The average Bonchev–Trinajstić information content (AvgIpc) is 3.45. The van der Waals surface area contributed by atoms with Crippen LogP contribution in [0.1, 0.15) is 32.7 Å². The van der Waals surface area contributed by atoms with E-state index in [1.54, 1.807) is 18.3 Å². The van der Waals surface area contributed by atoms with Crippen LogP contribution in [0.3, 0.4) is 0 Å². The van der Waals surface area contributed by atoms with Gasteiger partial charge in [0, 0.05) is 49.5 Å². The zero-order valence-corrected chi connectivity index (χ0v) is 23.9. The van der Waals surface area contributed by atoms with Crippen molar-refractivity contribution in [1.29, 1.82) is 0 Å². The summed E-state index contributed by atoms with van der Waals surface area (Å²) in [6.07, 6.45) is 5.13. The number of nitrogens with zero attached hydrogens (tertiary/aromatic N) is 7. The van der Waals surface area contributed by atoms with Crippen LogP contribution >= 0.6 is 0 Å². The highest BCUT2D eigenvalue weighted by Crippen LogP contribution is 2.32. The van der Waals surface area contributed by atoms with Gasteiger partial charge < -0.3 is 19.9 Å². The predicted molar refractivity (Wildman–Crippen MR) is 160 cm³/mol. The first-order valence-corrected chi connectivity index (χ1v) is 14.4. The highest BCUT2D eigenvalue weighted by atomic mass is 16.5. The summed E-state index contributed by atoms with van der Waals surface area (Å²) in [5, 5.41) is 11.2. The molecule has 3 amide bonds. The van der Waals surface area contributed by atoms with Crippen molar-refractivity contribution in [2.45, 2.75) is 32.7 Å². The molecule has 0 unspecified atom stereocenters. The zero-order valence-electron chi connectivity index (χ0n) is 23.9. The number of likely N-dealkylation sites (tertiary alicyclic amines) is 1. The number of hydrogen-bond donors (Lipinski definition) is 2. The fourth-order valence-electron chi connectivity index (χ4n) is 5.44. The average molecular weight is 570 g/mol. The van der Waals surface area contributed by atoms with Gasteiger partial charge in [0.1, 0.15) is 11.6 Å². The van der Waals surface area contributed by atoms with E-state index in [4.69, 9.17) is 19.8 Å². The SMILES string of the molecule is CC(C)C(=O)N1CCC(n2ncc3c(N4CCOCC4)nc(-c4ccc(NC(=O)Nc5ccccn5)cc4)nc32)CC1. The number of urea groups is 1. The van der Waals surface area contributed by atoms with Crippen LogP contribution < -0.4 is 15.5 Å². The molecule has 0 aliphatic carbocycles. The molecule has 218 valence electrons. The highest BCUT2D eigenvalue weighted by molar-refractivity contribution is 5.99. The summed E-state index contributed by atoms with van der Waals surface area (Å²) in [6.45, 7) is 8.05. The Bertz CT molecular complexity index is 1540. The topological polar surface area (TPSA) is 130 Å². The van der Waals surface area contributed by atoms with Crippen LogP contribution in [0.2, 0.25) is 0 Å². The predicted octanol–water partition coefficient (Wildman–Crippen LogP) is 4.19. The van der Waals surface area contributed by atoms with Gasteiger partial charge in [0.25, 0.3) is 0 Å². The van der Waals surface area contributed by atoms with Gasteiger partial charge in [-0.05, 0) is 49.2 Å². The second kappa shape index (κ2) is 12.1. The van der Waals surface area contributed by atoms with Crippen molar-refractivity contribution in [3.63, 3.8) is 0 Å². The molecule has 12 heteroatoms. The Morgan fingerprint density at radius 2 is 1.71 bits per heavy atom. The number of anilines is 3. The molecule has 2 N–H and O–H groups in total. The summed E-state index contributed by atoms with van der Waals surface area (Å²) in [4.78, 5) is 43.3. The lowest BCUT2D eigenvalue weighted by atomic mass is 10.0. The molecule has 2 aliphatic rings. The minimum absolute atomic E-state index is 0.00435. The number of nitrogens with one attached hydrogen (secondary N) is 2. The molecule has 2 aliphatic heterocycles. The molecule has 0 atom stereocenters. The van der Waals surface area contributed by atoms with Crippen molar-refractivity contribution in [2.75, 3.05) is 54.9 Å². The molecule has 2 fully saturated rings. The third-order valence-corrected chi connectivity index (χ3v) is 7.67. The Kier molecular flexibility index (Phi) is 7.95. The Morgan fingerprint density at radius 1 is 0.952 bits per heavy atom. The van der Waals surface area contributed by atoms with Crippen LogP contribution in [0.5, 0.6) is 0 Å². The number of carbonyl (C=O) groups excluding carboxylic acids is 2. The number of aromatic nitrogens is 5. The summed E-state index contributed by atoms with van der Waals surface area (Å²) in [6, 6.07) is 12.5. The summed E-state index contributed by atoms with van der Waals surface area (Å²) in [7, 11) is 0. The van der Waals surface area contributed by atoms with E-state index in [1.165, 1.54) is 0 Å². The van der Waals surface area contributed by atoms with E-state index in [-0.39, 0.29) is 23.9 Å². The lowest BCUT2D eigenvalue weighted by Crippen LogP contribution is -2.41. The van der Waals surface area contributed by atoms with Gasteiger partial charge >= 0.3 is 6.03 Å². The number of piperidine rings is 1. The van der Waals surface area contributed by atoms with Crippen LogP contribution in [0.25, 0.3) is 22.4 Å². The van der Waals surface area contributed by atoms with Crippen molar-refractivity contribution < 1.29 is 14.3 Å². The van der Waals surface area contributed by atoms with Crippen LogP contribution in [-0.4, -0.2) is 81.0 Å². The Labute approximate surface area is 244 Å². The van der Waals surface area contributed by atoms with E-state index in [0.29, 0.717) is 43.6 Å². The van der Waals surface area contributed by atoms with Crippen molar-refractivity contribution >= 4 is 40.3 Å². The van der Waals surface area contributed by atoms with Gasteiger partial charge in [0.2, 0.25) is 5.91 Å². The van der Waals surface area contributed by atoms with Gasteiger partial charge in [-0.15, -0.1) is 0 Å². The number of fused-ring (bicyclic) bond motifs is 1. The van der Waals surface area contributed by atoms with E-state index >= 15 is 0 Å². The van der Waals surface area contributed by atoms with Crippen molar-refractivity contribution in [1.82, 2.24) is 29.6 Å². The quantitative estimate of drug-likeness (QED) is 0.354. The number of pyridine rings is 1. The first-order valence-electron chi connectivity index (χ1n) is 14.4. The normalized spacial score (nSPS) is 16.2. The summed E-state index contributed by atoms with van der Waals surface area (Å²) in [5.41, 5.74) is 2.24. The first kappa shape index (κ1) is 27.6. The molecule has 2 saturated heterocycles. The number of amides is 3. The molecule has 4 aromatic rings. The third kappa shape index (κ3) is 5.89. The van der Waals surface area contributed by atoms with Crippen LogP contribution in [0.15, 0.2) is 54.9 Å². The molecule has 0 spiro atoms. The Morgan fingerprint density at radius 3 is 2.40 bits per heavy atom. The molecule has 1 aromatic carbocycles. The van der Waals surface area contributed by atoms with E-state index in [0.717, 1.165) is 48.3 Å². The van der Waals surface area contributed by atoms with E-state index in [2.05, 4.69) is 20.5 Å². The maximum atomic E-state index is 12.5. The Balaban J connectivity index is 1.27. The number of ether oxygens (including phenoxy) is 1. The largest absolute Gasteiger partial charge is 0.378 e. The molecule has 0 radical (unpaired) electrons. The number of carbonyl (C=O) groups is 2. The monoisotopic (exact) mass is 569 g/mol. The summed E-state index contributed by atoms with van der Waals surface area (Å²) >= 11 is 0. The van der Waals surface area contributed by atoms with Crippen molar-refractivity contribution in [3.05, 3.63) is 54.9 Å². The maximum absolute atomic E-state index is 12.5. The maximum Gasteiger partial charge on any atom is 0.324 e. The van der Waals surface area contributed by atoms with E-state index in [1.807, 2.05) is 60.0 Å². The first-order chi connectivity index (χ1) is 20.5. The van der Waals surface area contributed by atoms with Gasteiger partial charge in [-0.25, -0.2) is 24.4 Å². The molecule has 0 bridgehead atoms. The number of morpholine rings is 1. The van der Waals surface area contributed by atoms with E-state index < -0.39 is 0 Å². The van der Waals surface area contributed by atoms with Gasteiger partial charge in [-0.2, -0.15) is 5.10 Å². The van der Waals surface area contributed by atoms with Crippen LogP contribution in [0, 0.1) is 5.92 Å². The second-order valence-electron chi connectivity index (χ2n) is 10.9. The van der Waals surface area contributed by atoms with Gasteiger partial charge in [-0.1, -0.05) is 19.9 Å². The van der Waals surface area contributed by atoms with Crippen molar-refractivity contribution in [3.8, 4) is 11.4 Å². The minimum atomic E-state index is -0.376. The molecule has 12 nitrogen and oxygen atoms in total. The minimum Gasteiger partial charge on any atom is -0.378 e. The molecule has 5 heterocycles. The fraction of sp³-hybridized carbons (Fsp3) is 0.400. The summed E-state index contributed by atoms with van der Waals surface area (Å²) < 4.78 is 7.61. The van der Waals surface area contributed by atoms with Gasteiger partial charge in [-0.3, -0.25) is 10.1 Å². The molecule has 3 aromatic heterocycles. The standard InChI is InChI=1S/C30H35N9O3/c1-20(2)29(40)38-13-10-23(11-14-38)39-28-24(19-32-39)27(37-15-17-42-18-16-37)35-26(36-28)21-6-8-22(9-7-21)33-30(41)34-25-5-3-4-12-31-25/h3-9,12,19-20,23H,10-11,13-18H2,1-2H3,(H2,31,33,34,41). The molecular formula is C30H35N9O3. The molecule has 6 rings (SSSR count). The second-order valence-corrected chi connectivity index (χ2v) is 10.9. The molecule has 0 saturated carbocycles. The number of rotatable bonds is 6. The van der Waals surface area contributed by atoms with Gasteiger partial charge in [0.15, 0.2) is 11.5 Å². The molecule has 42 heavy (non-hydrogen) atoms. The molecular weight excluding hydrogens is 534 g/mol. The van der Waals surface area contributed by atoms with E-state index in [9.17, 15) is 9.59 Å². The third-order valence-electron chi connectivity index (χ3n) is 7.67. The van der Waals surface area contributed by atoms with Crippen LogP contribution in [-0.2, 0) is 9.53 Å². The smallest absolute Gasteiger partial charge is 0.324 e. The lowest BCUT2D eigenvalue weighted by Gasteiger charge is -2.33. The summed E-state index contributed by atoms with van der Waals surface area (Å²) in [5.74, 6) is 2.09. The number of benzene rings is 1. The van der Waals surface area contributed by atoms with Crippen molar-refractivity contribution in [2.24, 2.45) is 5.92 Å². The Hall–Kier alpha value is -4.58. The lowest BCUT2D eigenvalue weighted by molar-refractivity contribution is -0.135.